The molecule has 4 saturated heterocycles. The van der Waals surface area contributed by atoms with E-state index in [-0.39, 0.29) is 0 Å². The Bertz CT molecular complexity index is 537. The van der Waals surface area contributed by atoms with E-state index in [1.807, 2.05) is 6.07 Å². The Kier molecular flexibility index (Phi) is 2.82. The number of hydrogen-bond acceptors (Lipinski definition) is 1. The number of quaternary nitrogens is 3. The highest BCUT2D eigenvalue weighted by molar-refractivity contribution is 6.30. The number of phenolic OH excluding ortho intramolecular Hbond substituents is 1. The predicted octanol–water partition coefficient (Wildman–Crippen LogP) is -2.39. The van der Waals surface area contributed by atoms with E-state index in [1.165, 1.54) is 39.6 Å². The third kappa shape index (κ3) is 2.13. The molecule has 4 aliphatic rings. The molecule has 4 aliphatic heterocycles. The van der Waals surface area contributed by atoms with Crippen LogP contribution in [-0.2, 0) is 0 Å². The zero-order valence-electron chi connectivity index (χ0n) is 11.5. The summed E-state index contributed by atoms with van der Waals surface area (Å²) < 4.78 is 0. The molecule has 5 rings (SSSR count). The molecule has 106 valence electrons. The monoisotopic (exact) mass is 294 g/mol. The van der Waals surface area contributed by atoms with Crippen molar-refractivity contribution < 1.29 is 19.8 Å². The average molecular weight is 295 g/mol. The summed E-state index contributed by atoms with van der Waals surface area (Å²) >= 11 is 6.01. The van der Waals surface area contributed by atoms with Crippen LogP contribution in [0.1, 0.15) is 5.56 Å². The maximum absolute atomic E-state index is 9.92. The predicted molar refractivity (Wildman–Crippen MR) is 76.7 cm³/mol. The van der Waals surface area contributed by atoms with Crippen LogP contribution in [0.2, 0.25) is 5.02 Å². The Morgan fingerprint density at radius 2 is 1.65 bits per heavy atom. The highest BCUT2D eigenvalue weighted by atomic mass is 35.5. The largest absolute Gasteiger partial charge is 0.507 e. The van der Waals surface area contributed by atoms with E-state index in [0.29, 0.717) is 16.2 Å². The number of aromatic hydroxyl groups is 1. The van der Waals surface area contributed by atoms with Crippen molar-refractivity contribution in [2.24, 2.45) is 5.41 Å². The lowest BCUT2D eigenvalue weighted by molar-refractivity contribution is -1.30. The van der Waals surface area contributed by atoms with Crippen LogP contribution in [0, 0.1) is 5.41 Å². The minimum Gasteiger partial charge on any atom is -0.507 e. The molecule has 0 amide bonds. The fourth-order valence-corrected chi connectivity index (χ4v) is 4.59. The molecule has 0 spiro atoms. The highest BCUT2D eigenvalue weighted by Crippen LogP contribution is 2.25. The molecule has 1 aromatic rings. The van der Waals surface area contributed by atoms with Crippen molar-refractivity contribution in [3.05, 3.63) is 34.9 Å². The van der Waals surface area contributed by atoms with Gasteiger partial charge in [0, 0.05) is 10.6 Å². The molecule has 0 unspecified atom stereocenters. The molecule has 0 atom stereocenters. The van der Waals surface area contributed by atoms with E-state index in [4.69, 9.17) is 11.6 Å². The van der Waals surface area contributed by atoms with Crippen molar-refractivity contribution in [3.63, 3.8) is 0 Å². The molecule has 5 heteroatoms. The summed E-state index contributed by atoms with van der Waals surface area (Å²) in [5.74, 6) is 0.309. The Morgan fingerprint density at radius 1 is 1.05 bits per heavy atom. The minimum absolute atomic E-state index is 0.295. The molecule has 0 aliphatic carbocycles. The van der Waals surface area contributed by atoms with Gasteiger partial charge in [0.2, 0.25) is 20.0 Å². The lowest BCUT2D eigenvalue weighted by Gasteiger charge is -2.51. The van der Waals surface area contributed by atoms with Crippen molar-refractivity contribution in [1.82, 2.24) is 0 Å². The van der Waals surface area contributed by atoms with Crippen LogP contribution in [0.4, 0.5) is 0 Å². The van der Waals surface area contributed by atoms with Crippen LogP contribution in [0.5, 0.6) is 5.75 Å². The molecule has 4 fully saturated rings. The van der Waals surface area contributed by atoms with Crippen molar-refractivity contribution in [2.75, 3.05) is 39.6 Å². The van der Waals surface area contributed by atoms with Crippen molar-refractivity contribution in [3.8, 4) is 5.75 Å². The van der Waals surface area contributed by atoms with Gasteiger partial charge in [0.1, 0.15) is 30.8 Å². The first-order valence-electron chi connectivity index (χ1n) is 7.30. The maximum atomic E-state index is 9.92. The fraction of sp³-hybridized carbons (Fsp3) is 0.467. The van der Waals surface area contributed by atoms with Gasteiger partial charge in [-0.2, -0.15) is 0 Å². The van der Waals surface area contributed by atoms with Crippen LogP contribution in [0.3, 0.4) is 0 Å². The summed E-state index contributed by atoms with van der Waals surface area (Å²) in [4.78, 5) is 5.16. The molecule has 0 saturated carbocycles. The van der Waals surface area contributed by atoms with Gasteiger partial charge in [0.05, 0.1) is 0 Å². The zero-order chi connectivity index (χ0) is 13.7. The van der Waals surface area contributed by atoms with Gasteiger partial charge in [-0.05, 0) is 18.2 Å². The van der Waals surface area contributed by atoms with Gasteiger partial charge in [-0.25, -0.2) is 14.7 Å². The Balaban J connectivity index is 1.62. The molecule has 20 heavy (non-hydrogen) atoms. The quantitative estimate of drug-likeness (QED) is 0.483. The van der Waals surface area contributed by atoms with Gasteiger partial charge >= 0.3 is 0 Å². The molecule has 4 bridgehead atoms. The molecule has 0 aromatic heterocycles. The van der Waals surface area contributed by atoms with Crippen LogP contribution in [0.25, 0.3) is 6.08 Å². The summed E-state index contributed by atoms with van der Waals surface area (Å²) in [6.07, 6.45) is 4.39. The first-order chi connectivity index (χ1) is 9.62. The summed E-state index contributed by atoms with van der Waals surface area (Å²) in [6.45, 7) is 7.54. The number of phenols is 1. The molecular weight excluding hydrogens is 274 g/mol. The van der Waals surface area contributed by atoms with E-state index >= 15 is 0 Å². The number of nitrogens with one attached hydrogen (secondary N) is 3. The third-order valence-corrected chi connectivity index (χ3v) is 5.15. The number of halogens is 1. The first kappa shape index (κ1) is 12.7. The summed E-state index contributed by atoms with van der Waals surface area (Å²) in [6, 6.07) is 5.22. The molecular formula is C15H21ClN3O+3. The van der Waals surface area contributed by atoms with Crippen LogP contribution in [0.15, 0.2) is 24.3 Å². The van der Waals surface area contributed by atoms with Gasteiger partial charge in [-0.3, -0.25) is 0 Å². The lowest BCUT2D eigenvalue weighted by atomic mass is 9.80. The summed E-state index contributed by atoms with van der Waals surface area (Å²) in [5.41, 5.74) is 1.12. The first-order valence-corrected chi connectivity index (χ1v) is 7.68. The second kappa shape index (κ2) is 4.46. The van der Waals surface area contributed by atoms with Gasteiger partial charge in [-0.15, -0.1) is 0 Å². The van der Waals surface area contributed by atoms with E-state index < -0.39 is 0 Å². The standard InChI is InChI=1S/C15H18ClN3O/c16-13-1-2-14(20)12(5-13)3-4-15-6-17-9-18(7-15)11-19(8-15)10-17/h1-5,20H,6-11H2/p+3. The number of benzene rings is 1. The fourth-order valence-electron chi connectivity index (χ4n) is 4.41. The van der Waals surface area contributed by atoms with Gasteiger partial charge < -0.3 is 5.11 Å². The van der Waals surface area contributed by atoms with Crippen LogP contribution < -0.4 is 14.7 Å². The van der Waals surface area contributed by atoms with Crippen molar-refractivity contribution >= 4 is 17.7 Å². The van der Waals surface area contributed by atoms with E-state index in [1.54, 1.807) is 26.8 Å². The summed E-state index contributed by atoms with van der Waals surface area (Å²) in [7, 11) is 0. The zero-order valence-corrected chi connectivity index (χ0v) is 12.2. The number of rotatable bonds is 2. The SMILES string of the molecule is Oc1ccc(Cl)cc1C=CC12C[NH+]3C[NH+](C[NH+](C3)C1)C2. The third-order valence-electron chi connectivity index (χ3n) is 4.91. The highest BCUT2D eigenvalue weighted by Gasteiger charge is 2.55. The van der Waals surface area contributed by atoms with Crippen molar-refractivity contribution in [2.45, 2.75) is 0 Å². The van der Waals surface area contributed by atoms with Gasteiger partial charge in [-0.1, -0.05) is 23.8 Å². The van der Waals surface area contributed by atoms with Crippen molar-refractivity contribution in [1.29, 1.82) is 0 Å². The molecule has 0 radical (unpaired) electrons. The molecule has 4 heterocycles. The van der Waals surface area contributed by atoms with E-state index in [0.717, 1.165) is 5.56 Å². The van der Waals surface area contributed by atoms with Crippen LogP contribution >= 0.6 is 11.6 Å². The smallest absolute Gasteiger partial charge is 0.213 e. The lowest BCUT2D eigenvalue weighted by Crippen LogP contribution is -3.55. The summed E-state index contributed by atoms with van der Waals surface area (Å²) in [5, 5.41) is 10.6. The maximum Gasteiger partial charge on any atom is 0.213 e. The Morgan fingerprint density at radius 3 is 2.25 bits per heavy atom. The van der Waals surface area contributed by atoms with Crippen LogP contribution in [-0.4, -0.2) is 44.7 Å². The second-order valence-corrected chi connectivity index (χ2v) is 7.15. The van der Waals surface area contributed by atoms with Gasteiger partial charge in [0.15, 0.2) is 0 Å². The number of hydrogen-bond donors (Lipinski definition) is 4. The Hall–Kier alpha value is -1.07. The molecule has 4 N–H and O–H groups in total. The normalized spacial score (nSPS) is 38.8. The van der Waals surface area contributed by atoms with E-state index in [2.05, 4.69) is 12.2 Å². The minimum atomic E-state index is 0.295. The topological polar surface area (TPSA) is 33.6 Å². The second-order valence-electron chi connectivity index (χ2n) is 6.71. The van der Waals surface area contributed by atoms with Gasteiger partial charge in [0.25, 0.3) is 0 Å². The molecule has 1 aromatic carbocycles. The molecule has 4 nitrogen and oxygen atoms in total. The average Bonchev–Trinajstić information content (AvgIpc) is 2.38. The van der Waals surface area contributed by atoms with E-state index in [9.17, 15) is 5.11 Å². The Labute approximate surface area is 123 Å².